The van der Waals surface area contributed by atoms with Crippen molar-refractivity contribution in [1.82, 2.24) is 0 Å². The SMILES string of the molecule is Cc1ccc(NC(=O)COc2c(C)cc(C)cc2Cl)cc1. The van der Waals surface area contributed by atoms with Crippen LogP contribution in [0.5, 0.6) is 5.75 Å². The largest absolute Gasteiger partial charge is 0.482 e. The molecule has 2 aromatic rings. The first kappa shape index (κ1) is 15.4. The summed E-state index contributed by atoms with van der Waals surface area (Å²) in [4.78, 5) is 11.9. The zero-order chi connectivity index (χ0) is 15.4. The molecule has 1 amide bonds. The van der Waals surface area contributed by atoms with Crippen molar-refractivity contribution in [2.45, 2.75) is 20.8 Å². The average Bonchev–Trinajstić information content (AvgIpc) is 2.40. The molecule has 2 rings (SSSR count). The Hall–Kier alpha value is -2.00. The molecule has 0 atom stereocenters. The Bertz CT molecular complexity index is 627. The lowest BCUT2D eigenvalue weighted by Gasteiger charge is -2.12. The molecule has 110 valence electrons. The van der Waals surface area contributed by atoms with Crippen LogP contribution >= 0.6 is 11.6 Å². The van der Waals surface area contributed by atoms with Crippen LogP contribution in [-0.4, -0.2) is 12.5 Å². The summed E-state index contributed by atoms with van der Waals surface area (Å²) in [6.45, 7) is 5.80. The Morgan fingerprint density at radius 1 is 1.10 bits per heavy atom. The van der Waals surface area contributed by atoms with Gasteiger partial charge < -0.3 is 10.1 Å². The molecule has 0 fully saturated rings. The van der Waals surface area contributed by atoms with E-state index >= 15 is 0 Å². The van der Waals surface area contributed by atoms with Crippen LogP contribution in [-0.2, 0) is 4.79 Å². The van der Waals surface area contributed by atoms with Crippen molar-refractivity contribution >= 4 is 23.2 Å². The van der Waals surface area contributed by atoms with Crippen LogP contribution in [0.15, 0.2) is 36.4 Å². The molecule has 0 aliphatic rings. The van der Waals surface area contributed by atoms with E-state index in [-0.39, 0.29) is 12.5 Å². The van der Waals surface area contributed by atoms with E-state index in [2.05, 4.69) is 5.32 Å². The molecule has 0 unspecified atom stereocenters. The lowest BCUT2D eigenvalue weighted by atomic mass is 10.1. The molecule has 3 nitrogen and oxygen atoms in total. The summed E-state index contributed by atoms with van der Waals surface area (Å²) in [6, 6.07) is 11.4. The first-order valence-corrected chi connectivity index (χ1v) is 7.09. The van der Waals surface area contributed by atoms with Crippen LogP contribution in [0.1, 0.15) is 16.7 Å². The molecular formula is C17H18ClNO2. The number of rotatable bonds is 4. The zero-order valence-corrected chi connectivity index (χ0v) is 13.1. The summed E-state index contributed by atoms with van der Waals surface area (Å²) in [6.07, 6.45) is 0. The number of anilines is 1. The van der Waals surface area contributed by atoms with Crippen LogP contribution in [0.25, 0.3) is 0 Å². The van der Waals surface area contributed by atoms with E-state index in [4.69, 9.17) is 16.3 Å². The van der Waals surface area contributed by atoms with Gasteiger partial charge in [-0.05, 0) is 50.1 Å². The molecule has 0 aliphatic carbocycles. The maximum atomic E-state index is 11.9. The van der Waals surface area contributed by atoms with Gasteiger partial charge in [0.15, 0.2) is 6.61 Å². The second kappa shape index (κ2) is 6.64. The predicted octanol–water partition coefficient (Wildman–Crippen LogP) is 4.28. The van der Waals surface area contributed by atoms with E-state index < -0.39 is 0 Å². The standard InChI is InChI=1S/C17H18ClNO2/c1-11-4-6-14(7-5-11)19-16(20)10-21-17-13(3)8-12(2)9-15(17)18/h4-9H,10H2,1-3H3,(H,19,20). The van der Waals surface area contributed by atoms with Gasteiger partial charge in [-0.25, -0.2) is 0 Å². The Kier molecular flexibility index (Phi) is 4.86. The van der Waals surface area contributed by atoms with Crippen molar-refractivity contribution < 1.29 is 9.53 Å². The first-order valence-electron chi connectivity index (χ1n) is 6.72. The molecule has 4 heteroatoms. The number of benzene rings is 2. The highest BCUT2D eigenvalue weighted by atomic mass is 35.5. The zero-order valence-electron chi connectivity index (χ0n) is 12.4. The lowest BCUT2D eigenvalue weighted by molar-refractivity contribution is -0.118. The molecule has 21 heavy (non-hydrogen) atoms. The Morgan fingerprint density at radius 2 is 1.76 bits per heavy atom. The van der Waals surface area contributed by atoms with Gasteiger partial charge in [-0.1, -0.05) is 35.4 Å². The van der Waals surface area contributed by atoms with Gasteiger partial charge >= 0.3 is 0 Å². The maximum Gasteiger partial charge on any atom is 0.262 e. The molecular weight excluding hydrogens is 286 g/mol. The monoisotopic (exact) mass is 303 g/mol. The topological polar surface area (TPSA) is 38.3 Å². The van der Waals surface area contributed by atoms with E-state index in [0.29, 0.717) is 10.8 Å². The van der Waals surface area contributed by atoms with E-state index in [1.54, 1.807) is 0 Å². The van der Waals surface area contributed by atoms with Crippen molar-refractivity contribution in [3.63, 3.8) is 0 Å². The summed E-state index contributed by atoms with van der Waals surface area (Å²) < 4.78 is 5.54. The summed E-state index contributed by atoms with van der Waals surface area (Å²) in [5, 5.41) is 3.31. The van der Waals surface area contributed by atoms with Crippen LogP contribution in [0.3, 0.4) is 0 Å². The highest BCUT2D eigenvalue weighted by Gasteiger charge is 2.09. The van der Waals surface area contributed by atoms with Gasteiger partial charge in [0, 0.05) is 5.69 Å². The third-order valence-corrected chi connectivity index (χ3v) is 3.34. The van der Waals surface area contributed by atoms with Crippen molar-refractivity contribution in [3.8, 4) is 5.75 Å². The van der Waals surface area contributed by atoms with Gasteiger partial charge in [0.2, 0.25) is 0 Å². The quantitative estimate of drug-likeness (QED) is 0.915. The van der Waals surface area contributed by atoms with Gasteiger partial charge in [0.25, 0.3) is 5.91 Å². The van der Waals surface area contributed by atoms with Gasteiger partial charge in [-0.2, -0.15) is 0 Å². The van der Waals surface area contributed by atoms with Gasteiger partial charge in [0.1, 0.15) is 5.75 Å². The Morgan fingerprint density at radius 3 is 2.38 bits per heavy atom. The maximum absolute atomic E-state index is 11.9. The molecule has 0 heterocycles. The van der Waals surface area contributed by atoms with E-state index in [1.165, 1.54) is 0 Å². The summed E-state index contributed by atoms with van der Waals surface area (Å²) in [5.74, 6) is 0.344. The highest BCUT2D eigenvalue weighted by molar-refractivity contribution is 6.32. The van der Waals surface area contributed by atoms with Crippen LogP contribution in [0, 0.1) is 20.8 Å². The fourth-order valence-electron chi connectivity index (χ4n) is 2.06. The number of hydrogen-bond donors (Lipinski definition) is 1. The predicted molar refractivity (Wildman–Crippen MR) is 86.2 cm³/mol. The van der Waals surface area contributed by atoms with Crippen LogP contribution in [0.4, 0.5) is 5.69 Å². The third-order valence-electron chi connectivity index (χ3n) is 3.06. The molecule has 0 bridgehead atoms. The van der Waals surface area contributed by atoms with Crippen LogP contribution in [0.2, 0.25) is 5.02 Å². The third kappa shape index (κ3) is 4.23. The molecule has 0 aliphatic heterocycles. The highest BCUT2D eigenvalue weighted by Crippen LogP contribution is 2.29. The second-order valence-corrected chi connectivity index (χ2v) is 5.50. The van der Waals surface area contributed by atoms with Crippen molar-refractivity contribution in [3.05, 3.63) is 58.1 Å². The number of hydrogen-bond acceptors (Lipinski definition) is 2. The van der Waals surface area contributed by atoms with E-state index in [0.717, 1.165) is 22.4 Å². The van der Waals surface area contributed by atoms with Gasteiger partial charge in [-0.3, -0.25) is 4.79 Å². The van der Waals surface area contributed by atoms with Crippen molar-refractivity contribution in [2.75, 3.05) is 11.9 Å². The molecule has 1 N–H and O–H groups in total. The number of halogens is 1. The van der Waals surface area contributed by atoms with E-state index in [9.17, 15) is 4.79 Å². The minimum atomic E-state index is -0.213. The number of nitrogens with one attached hydrogen (secondary N) is 1. The summed E-state index contributed by atoms with van der Waals surface area (Å²) >= 11 is 6.14. The second-order valence-electron chi connectivity index (χ2n) is 5.10. The van der Waals surface area contributed by atoms with Gasteiger partial charge in [0.05, 0.1) is 5.02 Å². The fourth-order valence-corrected chi connectivity index (χ4v) is 2.43. The number of carbonyl (C=O) groups is 1. The molecule has 0 radical (unpaired) electrons. The number of aryl methyl sites for hydroxylation is 3. The number of carbonyl (C=O) groups excluding carboxylic acids is 1. The molecule has 0 saturated carbocycles. The molecule has 0 saturated heterocycles. The smallest absolute Gasteiger partial charge is 0.262 e. The molecule has 0 spiro atoms. The van der Waals surface area contributed by atoms with E-state index in [1.807, 2.05) is 57.2 Å². The van der Waals surface area contributed by atoms with Crippen molar-refractivity contribution in [1.29, 1.82) is 0 Å². The lowest BCUT2D eigenvalue weighted by Crippen LogP contribution is -2.20. The van der Waals surface area contributed by atoms with Crippen molar-refractivity contribution in [2.24, 2.45) is 0 Å². The summed E-state index contributed by atoms with van der Waals surface area (Å²) in [7, 11) is 0. The fraction of sp³-hybridized carbons (Fsp3) is 0.235. The van der Waals surface area contributed by atoms with Crippen LogP contribution < -0.4 is 10.1 Å². The minimum Gasteiger partial charge on any atom is -0.482 e. The number of amides is 1. The normalized spacial score (nSPS) is 10.3. The molecule has 2 aromatic carbocycles. The average molecular weight is 304 g/mol. The molecule has 0 aromatic heterocycles. The summed E-state index contributed by atoms with van der Waals surface area (Å²) in [5.41, 5.74) is 3.88. The Labute approximate surface area is 129 Å². The van der Waals surface area contributed by atoms with Gasteiger partial charge in [-0.15, -0.1) is 0 Å². The Balaban J connectivity index is 1.97. The number of ether oxygens (including phenoxy) is 1. The first-order chi connectivity index (χ1) is 9.95. The minimum absolute atomic E-state index is 0.0719.